The molecule has 2 atom stereocenters. The SMILES string of the molecule is CC.CN(CC1CC(C)(C)CN1)C1CCOC1. The van der Waals surface area contributed by atoms with E-state index in [-0.39, 0.29) is 0 Å². The molecule has 0 aromatic rings. The molecule has 0 aromatic heterocycles. The predicted molar refractivity (Wildman–Crippen MR) is 73.4 cm³/mol. The number of likely N-dealkylation sites (N-methyl/N-ethyl adjacent to an activating group) is 1. The number of rotatable bonds is 3. The standard InChI is InChI=1S/C12H24N2O.C2H6/c1-12(2)6-10(13-9-12)7-14(3)11-4-5-15-8-11;1-2/h10-11,13H,4-9H2,1-3H3;1-2H3. The first kappa shape index (κ1) is 14.9. The van der Waals surface area contributed by atoms with E-state index in [0.29, 0.717) is 17.5 Å². The van der Waals surface area contributed by atoms with Crippen molar-refractivity contribution in [3.8, 4) is 0 Å². The van der Waals surface area contributed by atoms with Crippen molar-refractivity contribution in [3.05, 3.63) is 0 Å². The number of nitrogens with one attached hydrogen (secondary N) is 1. The minimum atomic E-state index is 0.484. The van der Waals surface area contributed by atoms with Crippen molar-refractivity contribution in [1.82, 2.24) is 10.2 Å². The monoisotopic (exact) mass is 242 g/mol. The van der Waals surface area contributed by atoms with Crippen LogP contribution in [0, 0.1) is 5.41 Å². The average Bonchev–Trinajstić information content (AvgIpc) is 2.91. The summed E-state index contributed by atoms with van der Waals surface area (Å²) in [7, 11) is 2.23. The van der Waals surface area contributed by atoms with Crippen LogP contribution >= 0.6 is 0 Å². The number of ether oxygens (including phenoxy) is 1. The fraction of sp³-hybridized carbons (Fsp3) is 1.00. The molecule has 2 aliphatic heterocycles. The summed E-state index contributed by atoms with van der Waals surface area (Å²) in [4.78, 5) is 2.46. The predicted octanol–water partition coefficient (Wildman–Crippen LogP) is 2.12. The first-order chi connectivity index (χ1) is 8.07. The first-order valence-electron chi connectivity index (χ1n) is 7.08. The molecule has 2 fully saturated rings. The Balaban J connectivity index is 0.000000686. The molecule has 2 heterocycles. The lowest BCUT2D eigenvalue weighted by Crippen LogP contribution is -2.41. The zero-order valence-corrected chi connectivity index (χ0v) is 12.3. The third kappa shape index (κ3) is 4.57. The van der Waals surface area contributed by atoms with Crippen LogP contribution in [0.4, 0.5) is 0 Å². The second-order valence-corrected chi connectivity index (χ2v) is 5.90. The van der Waals surface area contributed by atoms with E-state index in [0.717, 1.165) is 26.3 Å². The molecular weight excluding hydrogens is 212 g/mol. The summed E-state index contributed by atoms with van der Waals surface area (Å²) >= 11 is 0. The molecular formula is C14H30N2O. The third-order valence-corrected chi connectivity index (χ3v) is 3.71. The fourth-order valence-corrected chi connectivity index (χ4v) is 2.73. The Morgan fingerprint density at radius 3 is 2.53 bits per heavy atom. The van der Waals surface area contributed by atoms with E-state index in [9.17, 15) is 0 Å². The van der Waals surface area contributed by atoms with E-state index in [2.05, 4.69) is 31.1 Å². The smallest absolute Gasteiger partial charge is 0.0622 e. The van der Waals surface area contributed by atoms with Crippen LogP contribution in [0.1, 0.15) is 40.5 Å². The van der Waals surface area contributed by atoms with Gasteiger partial charge in [0.2, 0.25) is 0 Å². The van der Waals surface area contributed by atoms with E-state index in [1.54, 1.807) is 0 Å². The van der Waals surface area contributed by atoms with Gasteiger partial charge < -0.3 is 10.1 Å². The second-order valence-electron chi connectivity index (χ2n) is 5.90. The zero-order valence-electron chi connectivity index (χ0n) is 12.3. The molecule has 0 aromatic carbocycles. The molecule has 17 heavy (non-hydrogen) atoms. The Morgan fingerprint density at radius 2 is 2.06 bits per heavy atom. The lowest BCUT2D eigenvalue weighted by atomic mass is 9.90. The minimum absolute atomic E-state index is 0.484. The molecule has 2 aliphatic rings. The largest absolute Gasteiger partial charge is 0.380 e. The third-order valence-electron chi connectivity index (χ3n) is 3.71. The Kier molecular flexibility index (Phi) is 5.90. The van der Waals surface area contributed by atoms with Crippen LogP contribution < -0.4 is 5.32 Å². The van der Waals surface area contributed by atoms with E-state index >= 15 is 0 Å². The molecule has 3 nitrogen and oxygen atoms in total. The van der Waals surface area contributed by atoms with Crippen molar-refractivity contribution in [2.45, 2.75) is 52.6 Å². The van der Waals surface area contributed by atoms with Gasteiger partial charge in [0.05, 0.1) is 6.61 Å². The van der Waals surface area contributed by atoms with Gasteiger partial charge in [-0.05, 0) is 25.3 Å². The maximum Gasteiger partial charge on any atom is 0.0622 e. The number of nitrogens with zero attached hydrogens (tertiary/aromatic N) is 1. The molecule has 2 unspecified atom stereocenters. The van der Waals surface area contributed by atoms with Gasteiger partial charge in [0, 0.05) is 31.8 Å². The Hall–Kier alpha value is -0.120. The summed E-state index contributed by atoms with van der Waals surface area (Å²) in [5, 5.41) is 3.62. The highest BCUT2D eigenvalue weighted by atomic mass is 16.5. The quantitative estimate of drug-likeness (QED) is 0.820. The van der Waals surface area contributed by atoms with Gasteiger partial charge >= 0.3 is 0 Å². The molecule has 0 saturated carbocycles. The molecule has 1 N–H and O–H groups in total. The van der Waals surface area contributed by atoms with Gasteiger partial charge in [0.1, 0.15) is 0 Å². The summed E-state index contributed by atoms with van der Waals surface area (Å²) < 4.78 is 5.42. The van der Waals surface area contributed by atoms with Crippen molar-refractivity contribution in [1.29, 1.82) is 0 Å². The topological polar surface area (TPSA) is 24.5 Å². The van der Waals surface area contributed by atoms with Crippen LogP contribution in [0.3, 0.4) is 0 Å². The molecule has 2 saturated heterocycles. The van der Waals surface area contributed by atoms with Crippen LogP contribution in [0.5, 0.6) is 0 Å². The van der Waals surface area contributed by atoms with Crippen molar-refractivity contribution in [3.63, 3.8) is 0 Å². The van der Waals surface area contributed by atoms with Crippen molar-refractivity contribution < 1.29 is 4.74 Å². The Labute approximate surface area is 107 Å². The highest BCUT2D eigenvalue weighted by molar-refractivity contribution is 4.90. The van der Waals surface area contributed by atoms with E-state index < -0.39 is 0 Å². The van der Waals surface area contributed by atoms with Gasteiger partial charge in [-0.1, -0.05) is 27.7 Å². The van der Waals surface area contributed by atoms with Gasteiger partial charge in [-0.15, -0.1) is 0 Å². The molecule has 0 radical (unpaired) electrons. The highest BCUT2D eigenvalue weighted by Crippen LogP contribution is 2.27. The second kappa shape index (κ2) is 6.72. The van der Waals surface area contributed by atoms with Crippen molar-refractivity contribution in [2.75, 3.05) is 33.4 Å². The summed E-state index contributed by atoms with van der Waals surface area (Å²) in [5.74, 6) is 0. The lowest BCUT2D eigenvalue weighted by molar-refractivity contribution is 0.153. The van der Waals surface area contributed by atoms with Crippen LogP contribution in [0.2, 0.25) is 0 Å². The lowest BCUT2D eigenvalue weighted by Gasteiger charge is -2.26. The van der Waals surface area contributed by atoms with Gasteiger partial charge in [0.15, 0.2) is 0 Å². The highest BCUT2D eigenvalue weighted by Gasteiger charge is 2.32. The van der Waals surface area contributed by atoms with Gasteiger partial charge in [-0.2, -0.15) is 0 Å². The summed E-state index contributed by atoms with van der Waals surface area (Å²) in [6.45, 7) is 12.9. The van der Waals surface area contributed by atoms with Gasteiger partial charge in [-0.3, -0.25) is 4.90 Å². The number of hydrogen-bond donors (Lipinski definition) is 1. The maximum atomic E-state index is 5.42. The molecule has 102 valence electrons. The van der Waals surface area contributed by atoms with E-state index in [1.165, 1.54) is 12.8 Å². The van der Waals surface area contributed by atoms with Crippen LogP contribution in [0.15, 0.2) is 0 Å². The van der Waals surface area contributed by atoms with Gasteiger partial charge in [0.25, 0.3) is 0 Å². The summed E-state index contributed by atoms with van der Waals surface area (Å²) in [6.07, 6.45) is 2.50. The van der Waals surface area contributed by atoms with E-state index in [1.807, 2.05) is 13.8 Å². The minimum Gasteiger partial charge on any atom is -0.380 e. The normalized spacial score (nSPS) is 31.4. The maximum absolute atomic E-state index is 5.42. The fourth-order valence-electron chi connectivity index (χ4n) is 2.73. The average molecular weight is 242 g/mol. The molecule has 0 spiro atoms. The Morgan fingerprint density at radius 1 is 1.35 bits per heavy atom. The molecule has 2 rings (SSSR count). The summed E-state index contributed by atoms with van der Waals surface area (Å²) in [5.41, 5.74) is 0.484. The molecule has 0 bridgehead atoms. The summed E-state index contributed by atoms with van der Waals surface area (Å²) in [6, 6.07) is 1.32. The first-order valence-corrected chi connectivity index (χ1v) is 7.08. The number of hydrogen-bond acceptors (Lipinski definition) is 3. The Bertz CT molecular complexity index is 212. The van der Waals surface area contributed by atoms with E-state index in [4.69, 9.17) is 4.74 Å². The molecule has 3 heteroatoms. The molecule has 0 amide bonds. The molecule has 0 aliphatic carbocycles. The van der Waals surface area contributed by atoms with Crippen molar-refractivity contribution >= 4 is 0 Å². The van der Waals surface area contributed by atoms with Crippen LogP contribution in [-0.2, 0) is 4.74 Å². The zero-order chi connectivity index (χ0) is 12.9. The van der Waals surface area contributed by atoms with Gasteiger partial charge in [-0.25, -0.2) is 0 Å². The van der Waals surface area contributed by atoms with Crippen LogP contribution in [0.25, 0.3) is 0 Å². The van der Waals surface area contributed by atoms with Crippen LogP contribution in [-0.4, -0.2) is 50.3 Å². The van der Waals surface area contributed by atoms with Crippen molar-refractivity contribution in [2.24, 2.45) is 5.41 Å².